The lowest BCUT2D eigenvalue weighted by atomic mass is 9.91. The monoisotopic (exact) mass is 456 g/mol. The molecule has 2 aromatic rings. The van der Waals surface area contributed by atoms with Gasteiger partial charge in [0.2, 0.25) is 0 Å². The number of fused-ring (bicyclic) bond motifs is 1. The first-order valence-electron chi connectivity index (χ1n) is 8.84. The molecule has 1 aliphatic rings. The molecule has 8 heteroatoms. The van der Waals surface area contributed by atoms with Crippen molar-refractivity contribution >= 4 is 33.3 Å². The van der Waals surface area contributed by atoms with Crippen LogP contribution in [0, 0.1) is 6.92 Å². The van der Waals surface area contributed by atoms with Gasteiger partial charge in [-0.1, -0.05) is 33.6 Å². The number of carbonyl (C=O) groups is 1. The minimum absolute atomic E-state index is 0.0663. The van der Waals surface area contributed by atoms with Crippen molar-refractivity contribution in [1.29, 1.82) is 0 Å². The third-order valence-electron chi connectivity index (χ3n) is 4.65. The fraction of sp³-hybridized carbons (Fsp3) is 0.350. The highest BCUT2D eigenvalue weighted by molar-refractivity contribution is 9.10. The number of halogens is 4. The van der Waals surface area contributed by atoms with Crippen LogP contribution in [0.1, 0.15) is 36.8 Å². The molecule has 28 heavy (non-hydrogen) atoms. The molecule has 0 bridgehead atoms. The van der Waals surface area contributed by atoms with E-state index in [4.69, 9.17) is 4.74 Å². The summed E-state index contributed by atoms with van der Waals surface area (Å²) in [5.41, 5.74) is 2.78. The molecule has 3 rings (SSSR count). The number of aryl methyl sites for hydroxylation is 1. The summed E-state index contributed by atoms with van der Waals surface area (Å²) in [6.07, 6.45) is -5.58. The van der Waals surface area contributed by atoms with Gasteiger partial charge in [0.15, 0.2) is 0 Å². The van der Waals surface area contributed by atoms with Gasteiger partial charge in [-0.25, -0.2) is 4.79 Å². The number of hydrogen-bond donors (Lipinski definition) is 2. The topological polar surface area (TPSA) is 50.4 Å². The summed E-state index contributed by atoms with van der Waals surface area (Å²) in [5.74, 6) is 0.0248. The third-order valence-corrected chi connectivity index (χ3v) is 5.11. The predicted octanol–water partition coefficient (Wildman–Crippen LogP) is 6.61. The van der Waals surface area contributed by atoms with Crippen LogP contribution < -0.4 is 15.4 Å². The first-order chi connectivity index (χ1) is 13.1. The van der Waals surface area contributed by atoms with Gasteiger partial charge in [-0.3, -0.25) is 0 Å². The molecule has 0 fully saturated rings. The summed E-state index contributed by atoms with van der Waals surface area (Å²) in [6, 6.07) is 10.3. The Bertz CT molecular complexity index is 869. The minimum atomic E-state index is -4.22. The van der Waals surface area contributed by atoms with Gasteiger partial charge in [0.25, 0.3) is 0 Å². The maximum atomic E-state index is 12.7. The number of hydrogen-bond acceptors (Lipinski definition) is 2. The van der Waals surface area contributed by atoms with Crippen molar-refractivity contribution in [3.63, 3.8) is 0 Å². The molecule has 0 radical (unpaired) electrons. The van der Waals surface area contributed by atoms with Crippen molar-refractivity contribution in [2.75, 3.05) is 10.6 Å². The summed E-state index contributed by atoms with van der Waals surface area (Å²) in [6.45, 7) is 3.69. The number of ether oxygens (including phenoxy) is 1. The van der Waals surface area contributed by atoms with Crippen molar-refractivity contribution in [2.45, 2.75) is 44.9 Å². The molecule has 2 aromatic carbocycles. The number of amides is 2. The summed E-state index contributed by atoms with van der Waals surface area (Å²) >= 11 is 3.37. The van der Waals surface area contributed by atoms with Crippen molar-refractivity contribution in [3.8, 4) is 5.75 Å². The van der Waals surface area contributed by atoms with Gasteiger partial charge < -0.3 is 15.4 Å². The van der Waals surface area contributed by atoms with Crippen molar-refractivity contribution < 1.29 is 22.7 Å². The van der Waals surface area contributed by atoms with E-state index < -0.39 is 30.7 Å². The van der Waals surface area contributed by atoms with E-state index in [2.05, 4.69) is 26.6 Å². The molecule has 2 atom stereocenters. The number of rotatable bonds is 4. The highest BCUT2D eigenvalue weighted by atomic mass is 79.9. The quantitative estimate of drug-likeness (QED) is 0.543. The predicted molar refractivity (Wildman–Crippen MR) is 106 cm³/mol. The van der Waals surface area contributed by atoms with Crippen LogP contribution in [0.2, 0.25) is 0 Å². The molecule has 0 unspecified atom stereocenters. The van der Waals surface area contributed by atoms with E-state index >= 15 is 0 Å². The second-order valence-electron chi connectivity index (χ2n) is 6.90. The van der Waals surface area contributed by atoms with Gasteiger partial charge in [0.1, 0.15) is 11.9 Å². The van der Waals surface area contributed by atoms with E-state index in [1.165, 1.54) is 0 Å². The first kappa shape index (κ1) is 20.5. The highest BCUT2D eigenvalue weighted by Gasteiger charge is 2.37. The zero-order valence-electron chi connectivity index (χ0n) is 15.4. The number of anilines is 2. The standard InChI is InChI=1S/C20H20BrF3N2O2/c1-11-3-5-14(6-4-11)25-19(27)26-17-10-13(21)9-16-15(7-8-20(22,23)24)12(2)28-18(16)17/h3-6,9-10,12,15H,7-8H2,1-2H3,(H2,25,26,27)/t12-,15+/m1/s1. The van der Waals surface area contributed by atoms with E-state index in [1.54, 1.807) is 31.2 Å². The van der Waals surface area contributed by atoms with Crippen LogP contribution in [0.3, 0.4) is 0 Å². The molecule has 0 saturated carbocycles. The second kappa shape index (κ2) is 8.03. The Labute approximate surface area is 169 Å². The molecule has 1 heterocycles. The van der Waals surface area contributed by atoms with Crippen molar-refractivity contribution in [3.05, 3.63) is 52.0 Å². The summed E-state index contributed by atoms with van der Waals surface area (Å²) < 4.78 is 44.4. The SMILES string of the molecule is Cc1ccc(NC(=O)Nc2cc(Br)cc3c2O[C@H](C)[C@@H]3CCC(F)(F)F)cc1. The van der Waals surface area contributed by atoms with Crippen LogP contribution in [-0.4, -0.2) is 18.3 Å². The summed E-state index contributed by atoms with van der Waals surface area (Å²) in [5, 5.41) is 5.46. The Kier molecular flexibility index (Phi) is 5.88. The molecule has 150 valence electrons. The molecule has 0 aliphatic carbocycles. The van der Waals surface area contributed by atoms with E-state index in [-0.39, 0.29) is 6.42 Å². The lowest BCUT2D eigenvalue weighted by Gasteiger charge is -2.15. The van der Waals surface area contributed by atoms with E-state index in [9.17, 15) is 18.0 Å². The Balaban J connectivity index is 1.78. The van der Waals surface area contributed by atoms with E-state index in [0.717, 1.165) is 5.56 Å². The normalized spacial score (nSPS) is 18.4. The minimum Gasteiger partial charge on any atom is -0.488 e. The van der Waals surface area contributed by atoms with Crippen molar-refractivity contribution in [2.24, 2.45) is 0 Å². The number of nitrogens with one attached hydrogen (secondary N) is 2. The van der Waals surface area contributed by atoms with Gasteiger partial charge >= 0.3 is 12.2 Å². The molecule has 0 aromatic heterocycles. The average Bonchev–Trinajstić information content (AvgIpc) is 2.90. The Hall–Kier alpha value is -2.22. The zero-order valence-corrected chi connectivity index (χ0v) is 16.9. The van der Waals surface area contributed by atoms with Gasteiger partial charge in [0, 0.05) is 28.1 Å². The average molecular weight is 457 g/mol. The maximum Gasteiger partial charge on any atom is 0.389 e. The fourth-order valence-electron chi connectivity index (χ4n) is 3.27. The molecular formula is C20H20BrF3N2O2. The van der Waals surface area contributed by atoms with Crippen molar-refractivity contribution in [1.82, 2.24) is 0 Å². The number of carbonyl (C=O) groups excluding carboxylic acids is 1. The first-order valence-corrected chi connectivity index (χ1v) is 9.63. The lowest BCUT2D eigenvalue weighted by molar-refractivity contribution is -0.136. The van der Waals surface area contributed by atoms with Crippen LogP contribution >= 0.6 is 15.9 Å². The molecular weight excluding hydrogens is 437 g/mol. The molecule has 0 spiro atoms. The lowest BCUT2D eigenvalue weighted by Crippen LogP contribution is -2.20. The smallest absolute Gasteiger partial charge is 0.389 e. The Morgan fingerprint density at radius 3 is 2.50 bits per heavy atom. The van der Waals surface area contributed by atoms with E-state index in [1.807, 2.05) is 19.1 Å². The second-order valence-corrected chi connectivity index (χ2v) is 7.82. The Morgan fingerprint density at radius 2 is 1.86 bits per heavy atom. The molecule has 0 saturated heterocycles. The van der Waals surface area contributed by atoms with Gasteiger partial charge in [-0.05, 0) is 44.5 Å². The third kappa shape index (κ3) is 4.98. The van der Waals surface area contributed by atoms with Gasteiger partial charge in [-0.2, -0.15) is 13.2 Å². The number of alkyl halides is 3. The molecule has 1 aliphatic heterocycles. The zero-order chi connectivity index (χ0) is 20.5. The summed E-state index contributed by atoms with van der Waals surface area (Å²) in [4.78, 5) is 12.4. The van der Waals surface area contributed by atoms with Crippen LogP contribution in [0.4, 0.5) is 29.3 Å². The number of benzene rings is 2. The molecule has 4 nitrogen and oxygen atoms in total. The largest absolute Gasteiger partial charge is 0.488 e. The summed E-state index contributed by atoms with van der Waals surface area (Å²) in [7, 11) is 0. The Morgan fingerprint density at radius 1 is 1.18 bits per heavy atom. The maximum absolute atomic E-state index is 12.7. The van der Waals surface area contributed by atoms with Crippen LogP contribution in [0.15, 0.2) is 40.9 Å². The molecule has 2 N–H and O–H groups in total. The van der Waals surface area contributed by atoms with E-state index in [0.29, 0.717) is 27.2 Å². The highest BCUT2D eigenvalue weighted by Crippen LogP contribution is 2.47. The molecule has 2 amide bonds. The fourth-order valence-corrected chi connectivity index (χ4v) is 3.74. The van der Waals surface area contributed by atoms with Crippen LogP contribution in [0.25, 0.3) is 0 Å². The van der Waals surface area contributed by atoms with Gasteiger partial charge in [0.05, 0.1) is 5.69 Å². The van der Waals surface area contributed by atoms with Gasteiger partial charge in [-0.15, -0.1) is 0 Å². The number of urea groups is 1. The van der Waals surface area contributed by atoms with Crippen LogP contribution in [0.5, 0.6) is 5.75 Å². The van der Waals surface area contributed by atoms with Crippen LogP contribution in [-0.2, 0) is 0 Å².